The zero-order valence-corrected chi connectivity index (χ0v) is 11.1. The van der Waals surface area contributed by atoms with E-state index in [1.54, 1.807) is 0 Å². The average molecular weight is 240 g/mol. The van der Waals surface area contributed by atoms with E-state index >= 15 is 0 Å². The summed E-state index contributed by atoms with van der Waals surface area (Å²) in [5.74, 6) is -1.77. The van der Waals surface area contributed by atoms with E-state index in [4.69, 9.17) is 11.6 Å². The molecule has 1 aromatic carbocycles. The van der Waals surface area contributed by atoms with Gasteiger partial charge in [-0.3, -0.25) is 0 Å². The van der Waals surface area contributed by atoms with Crippen LogP contribution in [0.2, 0.25) is 5.02 Å². The number of rotatable bonds is 3. The smallest absolute Gasteiger partial charge is 0.548 e. The molecular weight excluding hydrogens is 232 g/mol. The van der Waals surface area contributed by atoms with Gasteiger partial charge in [0.2, 0.25) is 0 Å². The van der Waals surface area contributed by atoms with Crippen molar-refractivity contribution >= 4 is 23.3 Å². The van der Waals surface area contributed by atoms with Gasteiger partial charge in [-0.05, 0) is 25.1 Å². The Bertz CT molecular complexity index is 362. The number of nitrogens with one attached hydrogen (secondary N) is 1. The zero-order valence-electron chi connectivity index (χ0n) is 8.38. The molecule has 0 spiro atoms. The summed E-state index contributed by atoms with van der Waals surface area (Å²) >= 11 is 5.50. The van der Waals surface area contributed by atoms with Crippen LogP contribution in [0, 0.1) is 5.82 Å². The summed E-state index contributed by atoms with van der Waals surface area (Å²) in [7, 11) is 0. The van der Waals surface area contributed by atoms with Crippen LogP contribution in [0.1, 0.15) is 6.92 Å². The molecule has 1 unspecified atom stereocenters. The molecule has 1 aromatic rings. The molecule has 1 N–H and O–H groups in total. The Labute approximate surface area is 114 Å². The second-order valence-electron chi connectivity index (χ2n) is 2.81. The van der Waals surface area contributed by atoms with E-state index in [0.717, 1.165) is 6.07 Å². The van der Waals surface area contributed by atoms with Gasteiger partial charge in [0.15, 0.2) is 0 Å². The van der Waals surface area contributed by atoms with Crippen LogP contribution in [0.4, 0.5) is 10.1 Å². The van der Waals surface area contributed by atoms with Crippen LogP contribution < -0.4 is 40.0 Å². The summed E-state index contributed by atoms with van der Waals surface area (Å²) in [5, 5.41) is 12.9. The van der Waals surface area contributed by atoms with Crippen LogP contribution in [-0.2, 0) is 4.79 Å². The van der Waals surface area contributed by atoms with E-state index in [-0.39, 0.29) is 34.6 Å². The molecule has 6 heteroatoms. The number of aliphatic carboxylic acids is 1. The van der Waals surface area contributed by atoms with E-state index in [9.17, 15) is 14.3 Å². The van der Waals surface area contributed by atoms with E-state index < -0.39 is 17.8 Å². The molecule has 0 fully saturated rings. The van der Waals surface area contributed by atoms with Crippen molar-refractivity contribution < 1.29 is 43.8 Å². The molecule has 76 valence electrons. The van der Waals surface area contributed by atoms with Gasteiger partial charge in [-0.1, -0.05) is 11.6 Å². The van der Waals surface area contributed by atoms with Crippen LogP contribution in [0.25, 0.3) is 0 Å². The summed E-state index contributed by atoms with van der Waals surface area (Å²) in [5.41, 5.74) is 0.438. The van der Waals surface area contributed by atoms with Crippen molar-refractivity contribution in [3.05, 3.63) is 29.0 Å². The summed E-state index contributed by atoms with van der Waals surface area (Å²) < 4.78 is 12.7. The number of halogens is 2. The number of carboxylic acid groups (broad SMARTS) is 1. The van der Waals surface area contributed by atoms with Crippen molar-refractivity contribution in [3.63, 3.8) is 0 Å². The van der Waals surface area contributed by atoms with Gasteiger partial charge in [-0.15, -0.1) is 0 Å². The first-order valence-corrected chi connectivity index (χ1v) is 4.31. The maximum atomic E-state index is 12.7. The summed E-state index contributed by atoms with van der Waals surface area (Å²) in [6, 6.07) is 3.03. The number of benzene rings is 1. The molecule has 3 nitrogen and oxygen atoms in total. The van der Waals surface area contributed by atoms with Gasteiger partial charge in [-0.2, -0.15) is 0 Å². The molecule has 0 aliphatic heterocycles. The monoisotopic (exact) mass is 239 g/mol. The third-order valence-electron chi connectivity index (χ3n) is 1.66. The fourth-order valence-corrected chi connectivity index (χ4v) is 1.08. The second kappa shape index (κ2) is 6.33. The largest absolute Gasteiger partial charge is 1.00 e. The van der Waals surface area contributed by atoms with Crippen molar-refractivity contribution in [2.45, 2.75) is 13.0 Å². The zero-order chi connectivity index (χ0) is 10.7. The van der Waals surface area contributed by atoms with Gasteiger partial charge in [0.25, 0.3) is 0 Å². The number of hydrogen-bond acceptors (Lipinski definition) is 3. The minimum absolute atomic E-state index is 0. The Morgan fingerprint density at radius 1 is 1.60 bits per heavy atom. The molecular formula is C9H8ClFNNaO2. The van der Waals surface area contributed by atoms with E-state index in [1.807, 2.05) is 0 Å². The number of carbonyl (C=O) groups is 1. The number of carbonyl (C=O) groups excluding carboxylic acids is 1. The molecule has 0 radical (unpaired) electrons. The van der Waals surface area contributed by atoms with Gasteiger partial charge in [0.1, 0.15) is 5.82 Å². The molecule has 1 atom stereocenters. The molecule has 0 amide bonds. The maximum Gasteiger partial charge on any atom is 1.00 e. The van der Waals surface area contributed by atoms with Crippen molar-refractivity contribution in [1.29, 1.82) is 0 Å². The van der Waals surface area contributed by atoms with Gasteiger partial charge in [-0.25, -0.2) is 4.39 Å². The number of hydrogen-bond donors (Lipinski definition) is 1. The first-order chi connectivity index (χ1) is 6.50. The van der Waals surface area contributed by atoms with Crippen molar-refractivity contribution in [1.82, 2.24) is 0 Å². The van der Waals surface area contributed by atoms with Crippen LogP contribution in [-0.4, -0.2) is 12.0 Å². The number of carboxylic acids is 1. The topological polar surface area (TPSA) is 52.2 Å². The Balaban J connectivity index is 0.00000196. The third kappa shape index (κ3) is 4.38. The van der Waals surface area contributed by atoms with Gasteiger partial charge < -0.3 is 15.2 Å². The molecule has 0 heterocycles. The Morgan fingerprint density at radius 3 is 2.67 bits per heavy atom. The van der Waals surface area contributed by atoms with Crippen LogP contribution in [0.15, 0.2) is 18.2 Å². The Kier molecular flexibility index (Phi) is 6.20. The first kappa shape index (κ1) is 14.7. The van der Waals surface area contributed by atoms with E-state index in [0.29, 0.717) is 5.69 Å². The van der Waals surface area contributed by atoms with Crippen molar-refractivity contribution in [2.24, 2.45) is 0 Å². The second-order valence-corrected chi connectivity index (χ2v) is 3.22. The molecule has 1 rings (SSSR count). The standard InChI is InChI=1S/C9H9ClFNO2.Na/c1-5(9(13)14)12-6-2-3-8(11)7(10)4-6;/h2-5,12H,1H3,(H,13,14);/q;+1/p-1. The van der Waals surface area contributed by atoms with Crippen LogP contribution >= 0.6 is 11.6 Å². The van der Waals surface area contributed by atoms with E-state index in [1.165, 1.54) is 19.1 Å². The predicted molar refractivity (Wildman–Crippen MR) is 49.5 cm³/mol. The molecule has 0 aromatic heterocycles. The fraction of sp³-hybridized carbons (Fsp3) is 0.222. The maximum absolute atomic E-state index is 12.7. The Morgan fingerprint density at radius 2 is 2.20 bits per heavy atom. The summed E-state index contributed by atoms with van der Waals surface area (Å²) in [6.07, 6.45) is 0. The molecule has 0 bridgehead atoms. The summed E-state index contributed by atoms with van der Waals surface area (Å²) in [6.45, 7) is 1.42. The minimum atomic E-state index is -1.23. The quantitative estimate of drug-likeness (QED) is 0.623. The van der Waals surface area contributed by atoms with Gasteiger partial charge in [0.05, 0.1) is 17.0 Å². The SMILES string of the molecule is CC(Nc1ccc(F)c(Cl)c1)C(=O)[O-].[Na+]. The normalized spacial score (nSPS) is 11.4. The van der Waals surface area contributed by atoms with Crippen molar-refractivity contribution in [2.75, 3.05) is 5.32 Å². The van der Waals surface area contributed by atoms with Crippen molar-refractivity contribution in [3.8, 4) is 0 Å². The Hall–Kier alpha value is -0.290. The average Bonchev–Trinajstić information content (AvgIpc) is 2.11. The van der Waals surface area contributed by atoms with Gasteiger partial charge in [0, 0.05) is 5.69 Å². The molecule has 0 aliphatic rings. The summed E-state index contributed by atoms with van der Waals surface area (Å²) in [4.78, 5) is 10.4. The van der Waals surface area contributed by atoms with Gasteiger partial charge >= 0.3 is 29.6 Å². The molecule has 0 saturated carbocycles. The van der Waals surface area contributed by atoms with E-state index in [2.05, 4.69) is 5.32 Å². The first-order valence-electron chi connectivity index (χ1n) is 3.93. The van der Waals surface area contributed by atoms with Crippen LogP contribution in [0.5, 0.6) is 0 Å². The molecule has 0 saturated heterocycles. The predicted octanol–water partition coefficient (Wildman–Crippen LogP) is -1.97. The fourth-order valence-electron chi connectivity index (χ4n) is 0.895. The minimum Gasteiger partial charge on any atom is -0.548 e. The molecule has 15 heavy (non-hydrogen) atoms. The number of anilines is 1. The third-order valence-corrected chi connectivity index (χ3v) is 1.95. The van der Waals surface area contributed by atoms with Crippen LogP contribution in [0.3, 0.4) is 0 Å². The molecule has 0 aliphatic carbocycles.